The highest BCUT2D eigenvalue weighted by Gasteiger charge is 2.42. The van der Waals surface area contributed by atoms with E-state index in [0.29, 0.717) is 17.8 Å². The van der Waals surface area contributed by atoms with Crippen LogP contribution in [0.15, 0.2) is 11.6 Å². The van der Waals surface area contributed by atoms with Crippen molar-refractivity contribution in [1.29, 1.82) is 0 Å². The van der Waals surface area contributed by atoms with E-state index in [1.165, 1.54) is 29.9 Å². The van der Waals surface area contributed by atoms with E-state index < -0.39 is 0 Å². The molecule has 2 heterocycles. The first-order valence-corrected chi connectivity index (χ1v) is 9.80. The molecule has 2 saturated heterocycles. The van der Waals surface area contributed by atoms with Crippen molar-refractivity contribution in [3.05, 3.63) is 11.6 Å². The molecule has 1 spiro atoms. The van der Waals surface area contributed by atoms with Crippen LogP contribution in [0.2, 0.25) is 0 Å². The van der Waals surface area contributed by atoms with Crippen LogP contribution in [0.4, 0.5) is 0 Å². The Labute approximate surface area is 133 Å². The van der Waals surface area contributed by atoms with E-state index >= 15 is 0 Å². The number of aliphatic hydroxyl groups excluding tert-OH is 1. The number of hydrogen-bond acceptors (Lipinski definition) is 3. The summed E-state index contributed by atoms with van der Waals surface area (Å²) in [6, 6.07) is 0. The van der Waals surface area contributed by atoms with Crippen LogP contribution in [0.1, 0.15) is 52.4 Å². The minimum absolute atomic E-state index is 0.0975. The van der Waals surface area contributed by atoms with Gasteiger partial charge in [0.15, 0.2) is 0 Å². The Kier molecular flexibility index (Phi) is 5.02. The lowest BCUT2D eigenvalue weighted by atomic mass is 9.72. The van der Waals surface area contributed by atoms with Crippen molar-refractivity contribution >= 4 is 11.8 Å². The second kappa shape index (κ2) is 6.64. The lowest BCUT2D eigenvalue weighted by Crippen LogP contribution is -2.47. The predicted octanol–water partition coefficient (Wildman–Crippen LogP) is 4.03. The van der Waals surface area contributed by atoms with Crippen molar-refractivity contribution in [2.45, 2.75) is 64.1 Å². The van der Waals surface area contributed by atoms with Gasteiger partial charge in [0, 0.05) is 6.61 Å². The molecule has 0 radical (unpaired) electrons. The molecule has 0 amide bonds. The fraction of sp³-hybridized carbons (Fsp3) is 0.889. The fourth-order valence-corrected chi connectivity index (χ4v) is 5.93. The largest absolute Gasteiger partial charge is 0.393 e. The summed E-state index contributed by atoms with van der Waals surface area (Å²) in [4.78, 5) is 0. The van der Waals surface area contributed by atoms with Gasteiger partial charge in [-0.3, -0.25) is 0 Å². The highest BCUT2D eigenvalue weighted by atomic mass is 32.2. The Morgan fingerprint density at radius 3 is 2.81 bits per heavy atom. The van der Waals surface area contributed by atoms with Gasteiger partial charge >= 0.3 is 0 Å². The number of rotatable bonds is 2. The van der Waals surface area contributed by atoms with Gasteiger partial charge in [-0.2, -0.15) is 11.8 Å². The van der Waals surface area contributed by atoms with Crippen molar-refractivity contribution < 1.29 is 9.84 Å². The number of ether oxygens (including phenoxy) is 1. The minimum Gasteiger partial charge on any atom is -0.393 e. The number of thioether (sulfide) groups is 1. The van der Waals surface area contributed by atoms with Gasteiger partial charge in [0.25, 0.3) is 0 Å². The molecule has 0 bridgehead atoms. The lowest BCUT2D eigenvalue weighted by Gasteiger charge is -2.46. The summed E-state index contributed by atoms with van der Waals surface area (Å²) in [5.41, 5.74) is 1.56. The van der Waals surface area contributed by atoms with Crippen LogP contribution < -0.4 is 0 Å². The summed E-state index contributed by atoms with van der Waals surface area (Å²) in [5, 5.41) is 11.0. The van der Waals surface area contributed by atoms with Crippen molar-refractivity contribution in [2.75, 3.05) is 18.1 Å². The molecule has 0 saturated carbocycles. The van der Waals surface area contributed by atoms with Crippen molar-refractivity contribution in [3.63, 3.8) is 0 Å². The number of allylic oxidation sites excluding steroid dienone is 2. The SMILES string of the molecule is CC1=CC(C)CC(C(O)C2CCOC3(CCSCC3)C2)C1. The van der Waals surface area contributed by atoms with Gasteiger partial charge in [-0.15, -0.1) is 0 Å². The van der Waals surface area contributed by atoms with Crippen LogP contribution in [0.3, 0.4) is 0 Å². The van der Waals surface area contributed by atoms with E-state index in [1.54, 1.807) is 0 Å². The molecular formula is C18H30O2S. The first-order chi connectivity index (χ1) is 10.1. The van der Waals surface area contributed by atoms with E-state index in [1.807, 2.05) is 0 Å². The third-order valence-electron chi connectivity index (χ3n) is 5.73. The Morgan fingerprint density at radius 1 is 1.33 bits per heavy atom. The van der Waals surface area contributed by atoms with E-state index in [2.05, 4.69) is 31.7 Å². The second-order valence-corrected chi connectivity index (χ2v) is 8.80. The third-order valence-corrected chi connectivity index (χ3v) is 6.71. The van der Waals surface area contributed by atoms with Gasteiger partial charge < -0.3 is 9.84 Å². The molecule has 1 N–H and O–H groups in total. The number of aliphatic hydroxyl groups is 1. The minimum atomic E-state index is -0.133. The maximum Gasteiger partial charge on any atom is 0.0701 e. The van der Waals surface area contributed by atoms with Crippen LogP contribution in [0.5, 0.6) is 0 Å². The van der Waals surface area contributed by atoms with Gasteiger partial charge in [-0.25, -0.2) is 0 Å². The predicted molar refractivity (Wildman–Crippen MR) is 89.6 cm³/mol. The summed E-state index contributed by atoms with van der Waals surface area (Å²) in [6.45, 7) is 5.36. The van der Waals surface area contributed by atoms with E-state index in [9.17, 15) is 5.11 Å². The standard InChI is InChI=1S/C18H30O2S/c1-13-9-14(2)11-16(10-13)17(19)15-3-6-20-18(12-15)4-7-21-8-5-18/h9,13,15-17,19H,3-8,10-12H2,1-2H3. The maximum atomic E-state index is 11.0. The number of hydrogen-bond donors (Lipinski definition) is 1. The topological polar surface area (TPSA) is 29.5 Å². The molecule has 1 aliphatic carbocycles. The summed E-state index contributed by atoms with van der Waals surface area (Å²) >= 11 is 2.05. The third kappa shape index (κ3) is 3.68. The van der Waals surface area contributed by atoms with Crippen LogP contribution in [0.25, 0.3) is 0 Å². The first-order valence-electron chi connectivity index (χ1n) is 8.65. The Hall–Kier alpha value is 0.0100. The van der Waals surface area contributed by atoms with Gasteiger partial charge in [0.2, 0.25) is 0 Å². The molecule has 120 valence electrons. The van der Waals surface area contributed by atoms with Gasteiger partial charge in [-0.05, 0) is 74.7 Å². The molecule has 0 aromatic carbocycles. The van der Waals surface area contributed by atoms with Crippen LogP contribution in [-0.2, 0) is 4.74 Å². The molecule has 4 atom stereocenters. The smallest absolute Gasteiger partial charge is 0.0701 e. The Bertz CT molecular complexity index is 381. The summed E-state index contributed by atoms with van der Waals surface area (Å²) in [6.07, 6.45) is 8.98. The molecule has 2 nitrogen and oxygen atoms in total. The first kappa shape index (κ1) is 15.9. The molecule has 2 aliphatic heterocycles. The van der Waals surface area contributed by atoms with Crippen LogP contribution in [0, 0.1) is 17.8 Å². The molecule has 3 heteroatoms. The summed E-state index contributed by atoms with van der Waals surface area (Å²) in [5.74, 6) is 3.99. The molecule has 3 aliphatic rings. The van der Waals surface area contributed by atoms with Crippen LogP contribution >= 0.6 is 11.8 Å². The van der Waals surface area contributed by atoms with Gasteiger partial charge in [0.1, 0.15) is 0 Å². The van der Waals surface area contributed by atoms with Gasteiger partial charge in [-0.1, -0.05) is 18.6 Å². The van der Waals surface area contributed by atoms with E-state index in [4.69, 9.17) is 4.74 Å². The van der Waals surface area contributed by atoms with Crippen molar-refractivity contribution in [2.24, 2.45) is 17.8 Å². The Balaban J connectivity index is 1.64. The van der Waals surface area contributed by atoms with Crippen LogP contribution in [-0.4, -0.2) is 34.9 Å². The average molecular weight is 311 g/mol. The quantitative estimate of drug-likeness (QED) is 0.781. The Morgan fingerprint density at radius 2 is 2.10 bits per heavy atom. The monoisotopic (exact) mass is 310 g/mol. The summed E-state index contributed by atoms with van der Waals surface area (Å²) in [7, 11) is 0. The molecule has 4 unspecified atom stereocenters. The zero-order valence-corrected chi connectivity index (χ0v) is 14.3. The average Bonchev–Trinajstić information content (AvgIpc) is 2.46. The maximum absolute atomic E-state index is 11.0. The lowest BCUT2D eigenvalue weighted by molar-refractivity contribution is -0.128. The second-order valence-electron chi connectivity index (χ2n) is 7.58. The van der Waals surface area contributed by atoms with Crippen molar-refractivity contribution in [1.82, 2.24) is 0 Å². The van der Waals surface area contributed by atoms with E-state index in [-0.39, 0.29) is 11.7 Å². The zero-order valence-electron chi connectivity index (χ0n) is 13.5. The normalized spacial score (nSPS) is 38.0. The molecule has 2 fully saturated rings. The zero-order chi connectivity index (χ0) is 14.9. The van der Waals surface area contributed by atoms with E-state index in [0.717, 1.165) is 32.3 Å². The highest BCUT2D eigenvalue weighted by molar-refractivity contribution is 7.99. The highest BCUT2D eigenvalue weighted by Crippen LogP contribution is 2.43. The van der Waals surface area contributed by atoms with Crippen molar-refractivity contribution in [3.8, 4) is 0 Å². The molecule has 0 aromatic rings. The summed E-state index contributed by atoms with van der Waals surface area (Å²) < 4.78 is 6.18. The fourth-order valence-electron chi connectivity index (χ4n) is 4.69. The molecule has 0 aromatic heterocycles. The molecule has 21 heavy (non-hydrogen) atoms. The molecular weight excluding hydrogens is 280 g/mol. The van der Waals surface area contributed by atoms with Gasteiger partial charge in [0.05, 0.1) is 11.7 Å². The molecule has 3 rings (SSSR count).